The van der Waals surface area contributed by atoms with Gasteiger partial charge in [0.15, 0.2) is 0 Å². The molecule has 0 aromatic carbocycles. The summed E-state index contributed by atoms with van der Waals surface area (Å²) in [7, 11) is 0. The van der Waals surface area contributed by atoms with Crippen LogP contribution in [-0.2, 0) is 4.74 Å². The van der Waals surface area contributed by atoms with Crippen LogP contribution in [0.1, 0.15) is 44.9 Å². The van der Waals surface area contributed by atoms with E-state index in [1.807, 2.05) is 0 Å². The Morgan fingerprint density at radius 1 is 0.938 bits per heavy atom. The molecule has 0 spiro atoms. The molecular formula is C13H26N2O. The lowest BCUT2D eigenvalue weighted by molar-refractivity contribution is 0.0365. The number of likely N-dealkylation sites (tertiary alicyclic amines) is 1. The van der Waals surface area contributed by atoms with Crippen LogP contribution >= 0.6 is 0 Å². The molecule has 2 saturated heterocycles. The summed E-state index contributed by atoms with van der Waals surface area (Å²) in [5, 5.41) is 0. The second-order valence-corrected chi connectivity index (χ2v) is 5.52. The monoisotopic (exact) mass is 226 g/mol. The molecule has 0 radical (unpaired) electrons. The molecule has 0 aromatic heterocycles. The van der Waals surface area contributed by atoms with Crippen molar-refractivity contribution in [1.82, 2.24) is 4.90 Å². The van der Waals surface area contributed by atoms with Gasteiger partial charge >= 0.3 is 0 Å². The maximum absolute atomic E-state index is 6.46. The molecule has 0 bridgehead atoms. The molecular weight excluding hydrogens is 200 g/mol. The van der Waals surface area contributed by atoms with Crippen molar-refractivity contribution < 1.29 is 4.74 Å². The van der Waals surface area contributed by atoms with E-state index < -0.39 is 0 Å². The zero-order chi connectivity index (χ0) is 11.3. The van der Waals surface area contributed by atoms with Gasteiger partial charge in [0.2, 0.25) is 0 Å². The highest BCUT2D eigenvalue weighted by molar-refractivity contribution is 4.89. The Labute approximate surface area is 99.3 Å². The van der Waals surface area contributed by atoms with Crippen molar-refractivity contribution in [2.75, 3.05) is 32.8 Å². The van der Waals surface area contributed by atoms with Crippen LogP contribution in [0.15, 0.2) is 0 Å². The van der Waals surface area contributed by atoms with Crippen LogP contribution in [0.4, 0.5) is 0 Å². The van der Waals surface area contributed by atoms with Gasteiger partial charge in [0.25, 0.3) is 0 Å². The summed E-state index contributed by atoms with van der Waals surface area (Å²) in [6.07, 6.45) is 9.00. The molecule has 2 rings (SSSR count). The number of rotatable bonds is 2. The smallest absolute Gasteiger partial charge is 0.0484 e. The van der Waals surface area contributed by atoms with Crippen molar-refractivity contribution in [2.24, 2.45) is 5.73 Å². The Bertz CT molecular complexity index is 194. The van der Waals surface area contributed by atoms with E-state index in [4.69, 9.17) is 10.5 Å². The molecule has 0 amide bonds. The summed E-state index contributed by atoms with van der Waals surface area (Å²) in [6, 6.07) is 0. The molecule has 16 heavy (non-hydrogen) atoms. The van der Waals surface area contributed by atoms with Crippen molar-refractivity contribution in [3.63, 3.8) is 0 Å². The van der Waals surface area contributed by atoms with Gasteiger partial charge < -0.3 is 15.4 Å². The average molecular weight is 226 g/mol. The number of hydrogen-bond acceptors (Lipinski definition) is 3. The third-order valence-electron chi connectivity index (χ3n) is 3.98. The zero-order valence-corrected chi connectivity index (χ0v) is 10.4. The lowest BCUT2D eigenvalue weighted by Gasteiger charge is -2.38. The van der Waals surface area contributed by atoms with Crippen LogP contribution < -0.4 is 5.73 Å². The number of hydrogen-bond donors (Lipinski definition) is 1. The van der Waals surface area contributed by atoms with Crippen LogP contribution in [0.25, 0.3) is 0 Å². The van der Waals surface area contributed by atoms with E-state index in [9.17, 15) is 0 Å². The molecule has 0 aromatic rings. The van der Waals surface area contributed by atoms with E-state index in [1.54, 1.807) is 0 Å². The maximum atomic E-state index is 6.46. The molecule has 0 atom stereocenters. The quantitative estimate of drug-likeness (QED) is 0.780. The Balaban J connectivity index is 1.81. The van der Waals surface area contributed by atoms with Crippen LogP contribution in [0.3, 0.4) is 0 Å². The highest BCUT2D eigenvalue weighted by Crippen LogP contribution is 2.20. The summed E-state index contributed by atoms with van der Waals surface area (Å²) >= 11 is 0. The van der Waals surface area contributed by atoms with Gasteiger partial charge in [0.05, 0.1) is 0 Å². The van der Waals surface area contributed by atoms with Gasteiger partial charge in [0.1, 0.15) is 0 Å². The maximum Gasteiger partial charge on any atom is 0.0484 e. The zero-order valence-electron chi connectivity index (χ0n) is 10.4. The Kier molecular flexibility index (Phi) is 4.62. The van der Waals surface area contributed by atoms with E-state index in [2.05, 4.69) is 4.90 Å². The molecule has 2 aliphatic rings. The minimum atomic E-state index is 0.0252. The van der Waals surface area contributed by atoms with Crippen LogP contribution in [-0.4, -0.2) is 43.3 Å². The van der Waals surface area contributed by atoms with Crippen LogP contribution in [0.2, 0.25) is 0 Å². The normalized spacial score (nSPS) is 28.3. The van der Waals surface area contributed by atoms with Crippen molar-refractivity contribution in [1.29, 1.82) is 0 Å². The first-order valence-electron chi connectivity index (χ1n) is 6.88. The third kappa shape index (κ3) is 3.72. The van der Waals surface area contributed by atoms with Crippen LogP contribution in [0, 0.1) is 0 Å². The first-order chi connectivity index (χ1) is 7.79. The minimum Gasteiger partial charge on any atom is -0.381 e. The van der Waals surface area contributed by atoms with Gasteiger partial charge in [-0.05, 0) is 38.8 Å². The third-order valence-corrected chi connectivity index (χ3v) is 3.98. The number of ether oxygens (including phenoxy) is 1. The Hall–Kier alpha value is -0.120. The van der Waals surface area contributed by atoms with E-state index in [-0.39, 0.29) is 5.54 Å². The van der Waals surface area contributed by atoms with E-state index in [0.29, 0.717) is 0 Å². The summed E-state index contributed by atoms with van der Waals surface area (Å²) < 4.78 is 5.40. The summed E-state index contributed by atoms with van der Waals surface area (Å²) in [5.74, 6) is 0. The predicted octanol–water partition coefficient (Wildman–Crippen LogP) is 1.76. The minimum absolute atomic E-state index is 0.0252. The number of nitrogens with two attached hydrogens (primary N) is 1. The molecule has 0 aliphatic carbocycles. The van der Waals surface area contributed by atoms with Crippen molar-refractivity contribution in [3.8, 4) is 0 Å². The van der Waals surface area contributed by atoms with E-state index in [0.717, 1.165) is 32.6 Å². The summed E-state index contributed by atoms with van der Waals surface area (Å²) in [4.78, 5) is 2.59. The van der Waals surface area contributed by atoms with Gasteiger partial charge in [-0.25, -0.2) is 0 Å². The molecule has 2 N–H and O–H groups in total. The molecule has 0 unspecified atom stereocenters. The van der Waals surface area contributed by atoms with Gasteiger partial charge in [-0.2, -0.15) is 0 Å². The summed E-state index contributed by atoms with van der Waals surface area (Å²) in [6.45, 7) is 5.28. The SMILES string of the molecule is NC1(CN2CCCCCCC2)CCOCC1. The van der Waals surface area contributed by atoms with Gasteiger partial charge in [-0.15, -0.1) is 0 Å². The van der Waals surface area contributed by atoms with Gasteiger partial charge in [0, 0.05) is 25.3 Å². The second kappa shape index (κ2) is 5.99. The topological polar surface area (TPSA) is 38.5 Å². The molecule has 3 nitrogen and oxygen atoms in total. The lowest BCUT2D eigenvalue weighted by Crippen LogP contribution is -2.53. The first-order valence-corrected chi connectivity index (χ1v) is 6.88. The Morgan fingerprint density at radius 3 is 2.12 bits per heavy atom. The van der Waals surface area contributed by atoms with E-state index in [1.165, 1.54) is 45.2 Å². The van der Waals surface area contributed by atoms with Gasteiger partial charge in [-0.3, -0.25) is 0 Å². The van der Waals surface area contributed by atoms with Crippen molar-refractivity contribution in [3.05, 3.63) is 0 Å². The highest BCUT2D eigenvalue weighted by atomic mass is 16.5. The Morgan fingerprint density at radius 2 is 1.50 bits per heavy atom. The molecule has 2 heterocycles. The summed E-state index contributed by atoms with van der Waals surface area (Å²) in [5.41, 5.74) is 6.48. The largest absolute Gasteiger partial charge is 0.381 e. The second-order valence-electron chi connectivity index (χ2n) is 5.52. The average Bonchev–Trinajstić information content (AvgIpc) is 2.23. The predicted molar refractivity (Wildman–Crippen MR) is 66.5 cm³/mol. The molecule has 94 valence electrons. The standard InChI is InChI=1S/C13H26N2O/c14-13(6-10-16-11-7-13)12-15-8-4-2-1-3-5-9-15/h1-12,14H2. The fraction of sp³-hybridized carbons (Fsp3) is 1.00. The first kappa shape index (κ1) is 12.3. The van der Waals surface area contributed by atoms with Gasteiger partial charge in [-0.1, -0.05) is 19.3 Å². The molecule has 3 heteroatoms. The fourth-order valence-electron chi connectivity index (χ4n) is 2.85. The highest BCUT2D eigenvalue weighted by Gasteiger charge is 2.30. The number of nitrogens with zero attached hydrogens (tertiary/aromatic N) is 1. The van der Waals surface area contributed by atoms with E-state index >= 15 is 0 Å². The molecule has 2 aliphatic heterocycles. The molecule has 2 fully saturated rings. The van der Waals surface area contributed by atoms with Crippen molar-refractivity contribution >= 4 is 0 Å². The van der Waals surface area contributed by atoms with Crippen molar-refractivity contribution in [2.45, 2.75) is 50.5 Å². The molecule has 0 saturated carbocycles. The lowest BCUT2D eigenvalue weighted by atomic mass is 9.90. The van der Waals surface area contributed by atoms with Crippen LogP contribution in [0.5, 0.6) is 0 Å². The fourth-order valence-corrected chi connectivity index (χ4v) is 2.85.